The first-order chi connectivity index (χ1) is 14.9. The van der Waals surface area contributed by atoms with Crippen molar-refractivity contribution in [3.8, 4) is 0 Å². The van der Waals surface area contributed by atoms with E-state index in [0.717, 1.165) is 16.1 Å². The quantitative estimate of drug-likeness (QED) is 0.623. The summed E-state index contributed by atoms with van der Waals surface area (Å²) < 4.78 is 0. The van der Waals surface area contributed by atoms with Crippen molar-refractivity contribution in [2.45, 2.75) is 48.2 Å². The largest absolute Gasteiger partial charge is 0.326 e. The maximum Gasteiger partial charge on any atom is 0.238 e. The van der Waals surface area contributed by atoms with Crippen LogP contribution in [0.15, 0.2) is 53.4 Å². The van der Waals surface area contributed by atoms with Gasteiger partial charge in [0, 0.05) is 23.4 Å². The maximum atomic E-state index is 12.5. The number of thioether (sulfide) groups is 1. The van der Waals surface area contributed by atoms with Crippen molar-refractivity contribution in [2.75, 3.05) is 10.6 Å². The van der Waals surface area contributed by atoms with Crippen LogP contribution in [-0.2, 0) is 24.6 Å². The molecule has 2 heterocycles. The molecule has 4 amide bonds. The van der Waals surface area contributed by atoms with E-state index < -0.39 is 10.7 Å². The number of amides is 4. The lowest BCUT2D eigenvalue weighted by Crippen LogP contribution is -2.51. The van der Waals surface area contributed by atoms with Gasteiger partial charge in [-0.1, -0.05) is 31.2 Å². The van der Waals surface area contributed by atoms with E-state index >= 15 is 0 Å². The Bertz CT molecular complexity index is 1050. The van der Waals surface area contributed by atoms with Gasteiger partial charge in [-0.2, -0.15) is 0 Å². The first-order valence-corrected chi connectivity index (χ1v) is 11.1. The van der Waals surface area contributed by atoms with E-state index in [9.17, 15) is 19.2 Å². The van der Waals surface area contributed by atoms with Gasteiger partial charge >= 0.3 is 0 Å². The molecule has 0 bridgehead atoms. The normalized spacial score (nSPS) is 22.9. The molecule has 2 aromatic rings. The number of carbonyl (C=O) groups is 4. The Morgan fingerprint density at radius 2 is 1.84 bits per heavy atom. The predicted molar refractivity (Wildman–Crippen MR) is 119 cm³/mol. The Labute approximate surface area is 184 Å². The van der Waals surface area contributed by atoms with Crippen LogP contribution in [0.1, 0.15) is 38.2 Å². The third-order valence-corrected chi connectivity index (χ3v) is 7.14. The minimum atomic E-state index is -0.735. The number of rotatable bonds is 5. The molecule has 1 saturated heterocycles. The Morgan fingerprint density at radius 1 is 1.10 bits per heavy atom. The van der Waals surface area contributed by atoms with Gasteiger partial charge in [-0.25, -0.2) is 0 Å². The predicted octanol–water partition coefficient (Wildman–Crippen LogP) is 3.21. The third-order valence-electron chi connectivity index (χ3n) is 5.87. The second kappa shape index (κ2) is 8.55. The summed E-state index contributed by atoms with van der Waals surface area (Å²) in [4.78, 5) is 49.8. The number of fused-ring (bicyclic) bond motifs is 1. The average Bonchev–Trinajstić information content (AvgIpc) is 2.75. The van der Waals surface area contributed by atoms with Crippen LogP contribution >= 0.6 is 11.8 Å². The maximum absolute atomic E-state index is 12.5. The minimum Gasteiger partial charge on any atom is -0.326 e. The highest BCUT2D eigenvalue weighted by molar-refractivity contribution is 8.01. The number of anilines is 2. The van der Waals surface area contributed by atoms with Crippen LogP contribution in [0, 0.1) is 0 Å². The highest BCUT2D eigenvalue weighted by Crippen LogP contribution is 2.38. The Hall–Kier alpha value is -3.13. The molecule has 2 aliphatic heterocycles. The molecule has 4 rings (SSSR count). The van der Waals surface area contributed by atoms with Crippen LogP contribution in [0.5, 0.6) is 0 Å². The molecule has 2 unspecified atom stereocenters. The monoisotopic (exact) mass is 437 g/mol. The van der Waals surface area contributed by atoms with Crippen molar-refractivity contribution in [1.82, 2.24) is 5.32 Å². The van der Waals surface area contributed by atoms with E-state index in [-0.39, 0.29) is 30.0 Å². The highest BCUT2D eigenvalue weighted by atomic mass is 32.2. The molecule has 160 valence electrons. The zero-order chi connectivity index (χ0) is 22.0. The Morgan fingerprint density at radius 3 is 2.55 bits per heavy atom. The molecule has 0 aliphatic carbocycles. The fourth-order valence-electron chi connectivity index (χ4n) is 4.05. The second-order valence-electron chi connectivity index (χ2n) is 7.73. The average molecular weight is 438 g/mol. The van der Waals surface area contributed by atoms with Crippen LogP contribution in [0.25, 0.3) is 0 Å². The first kappa shape index (κ1) is 21.1. The standard InChI is InChI=1S/C23H23N3O4S/c1-2-23(12-11-19(27)26-22(23)30)14-7-9-15(10-8-14)24-20(28)13-18-21(29)25-16-5-3-4-6-17(16)31-18/h3-10,18H,2,11-13H2,1H3,(H,24,28)(H,25,29)(H,26,27,30). The molecular weight excluding hydrogens is 414 g/mol. The molecule has 7 nitrogen and oxygen atoms in total. The number of benzene rings is 2. The fraction of sp³-hybridized carbons (Fsp3) is 0.304. The van der Waals surface area contributed by atoms with Crippen LogP contribution in [-0.4, -0.2) is 28.9 Å². The van der Waals surface area contributed by atoms with Gasteiger partial charge in [0.1, 0.15) is 0 Å². The van der Waals surface area contributed by atoms with Crippen LogP contribution in [0.3, 0.4) is 0 Å². The van der Waals surface area contributed by atoms with Crippen molar-refractivity contribution < 1.29 is 19.2 Å². The number of piperidine rings is 1. The third kappa shape index (κ3) is 4.20. The highest BCUT2D eigenvalue weighted by Gasteiger charge is 2.42. The molecule has 2 atom stereocenters. The minimum absolute atomic E-state index is 0.0516. The van der Waals surface area contributed by atoms with Gasteiger partial charge in [0.15, 0.2) is 0 Å². The smallest absolute Gasteiger partial charge is 0.238 e. The summed E-state index contributed by atoms with van der Waals surface area (Å²) in [5.74, 6) is -0.961. The van der Waals surface area contributed by atoms with E-state index in [4.69, 9.17) is 0 Å². The summed E-state index contributed by atoms with van der Waals surface area (Å²) in [6.45, 7) is 1.93. The van der Waals surface area contributed by atoms with Gasteiger partial charge in [-0.05, 0) is 42.7 Å². The summed E-state index contributed by atoms with van der Waals surface area (Å²) in [6, 6.07) is 14.6. The first-order valence-electron chi connectivity index (χ1n) is 10.2. The summed E-state index contributed by atoms with van der Waals surface area (Å²) >= 11 is 1.38. The Balaban J connectivity index is 1.41. The number of imide groups is 1. The molecule has 2 aliphatic rings. The molecular formula is C23H23N3O4S. The number of hydrogen-bond acceptors (Lipinski definition) is 5. The van der Waals surface area contributed by atoms with Crippen LogP contribution in [0.2, 0.25) is 0 Å². The SMILES string of the molecule is CCC1(c2ccc(NC(=O)CC3Sc4ccccc4NC3=O)cc2)CCC(=O)NC1=O. The van der Waals surface area contributed by atoms with Crippen molar-refractivity contribution in [1.29, 1.82) is 0 Å². The number of nitrogens with one attached hydrogen (secondary N) is 3. The topological polar surface area (TPSA) is 104 Å². The fourth-order valence-corrected chi connectivity index (χ4v) is 5.16. The molecule has 0 radical (unpaired) electrons. The molecule has 31 heavy (non-hydrogen) atoms. The Kier molecular flexibility index (Phi) is 5.82. The van der Waals surface area contributed by atoms with Gasteiger partial charge < -0.3 is 10.6 Å². The van der Waals surface area contributed by atoms with Crippen molar-refractivity contribution in [3.05, 3.63) is 54.1 Å². The molecule has 1 fully saturated rings. The number of para-hydroxylation sites is 1. The lowest BCUT2D eigenvalue weighted by atomic mass is 9.72. The van der Waals surface area contributed by atoms with E-state index in [1.165, 1.54) is 11.8 Å². The van der Waals surface area contributed by atoms with E-state index in [0.29, 0.717) is 24.9 Å². The summed E-state index contributed by atoms with van der Waals surface area (Å²) in [5, 5.41) is 7.60. The summed E-state index contributed by atoms with van der Waals surface area (Å²) in [6.07, 6.45) is 1.40. The second-order valence-corrected chi connectivity index (χ2v) is 8.98. The van der Waals surface area contributed by atoms with E-state index in [2.05, 4.69) is 16.0 Å². The van der Waals surface area contributed by atoms with Crippen molar-refractivity contribution in [3.63, 3.8) is 0 Å². The zero-order valence-electron chi connectivity index (χ0n) is 17.1. The van der Waals surface area contributed by atoms with Crippen molar-refractivity contribution >= 4 is 46.8 Å². The molecule has 3 N–H and O–H groups in total. The van der Waals surface area contributed by atoms with Gasteiger partial charge in [0.25, 0.3) is 0 Å². The molecule has 0 saturated carbocycles. The van der Waals surface area contributed by atoms with E-state index in [1.54, 1.807) is 12.1 Å². The number of carbonyl (C=O) groups excluding carboxylic acids is 4. The number of hydrogen-bond donors (Lipinski definition) is 3. The van der Waals surface area contributed by atoms with Gasteiger partial charge in [-0.3, -0.25) is 24.5 Å². The summed E-state index contributed by atoms with van der Waals surface area (Å²) in [5.41, 5.74) is 1.44. The lowest BCUT2D eigenvalue weighted by molar-refractivity contribution is -0.138. The molecule has 0 aromatic heterocycles. The summed E-state index contributed by atoms with van der Waals surface area (Å²) in [7, 11) is 0. The van der Waals surface area contributed by atoms with Gasteiger partial charge in [-0.15, -0.1) is 11.8 Å². The molecule has 0 spiro atoms. The van der Waals surface area contributed by atoms with Gasteiger partial charge in [0.2, 0.25) is 23.6 Å². The van der Waals surface area contributed by atoms with Gasteiger partial charge in [0.05, 0.1) is 16.4 Å². The lowest BCUT2D eigenvalue weighted by Gasteiger charge is -2.35. The van der Waals surface area contributed by atoms with E-state index in [1.807, 2.05) is 43.3 Å². The molecule has 2 aromatic carbocycles. The van der Waals surface area contributed by atoms with Crippen LogP contribution in [0.4, 0.5) is 11.4 Å². The molecule has 8 heteroatoms. The van der Waals surface area contributed by atoms with Crippen molar-refractivity contribution in [2.24, 2.45) is 0 Å². The van der Waals surface area contributed by atoms with Crippen LogP contribution < -0.4 is 16.0 Å². The zero-order valence-corrected chi connectivity index (χ0v) is 17.9.